The number of nitrogens with two attached hydrogens (primary N) is 1. The molecule has 2 heterocycles. The highest BCUT2D eigenvalue weighted by Crippen LogP contribution is 2.08. The van der Waals surface area contributed by atoms with Crippen molar-refractivity contribution in [3.8, 4) is 0 Å². The second-order valence-electron chi connectivity index (χ2n) is 5.79. The molecule has 22 heavy (non-hydrogen) atoms. The smallest absolute Gasteiger partial charge is 0.242 e. The molecule has 1 amide bonds. The van der Waals surface area contributed by atoms with Gasteiger partial charge in [-0.15, -0.1) is 0 Å². The van der Waals surface area contributed by atoms with Gasteiger partial charge in [0.25, 0.3) is 0 Å². The van der Waals surface area contributed by atoms with Gasteiger partial charge in [0, 0.05) is 31.2 Å². The normalized spacial score (nSPS) is 12.4. The third-order valence-electron chi connectivity index (χ3n) is 3.33. The topological polar surface area (TPSA) is 85.8 Å². The van der Waals surface area contributed by atoms with E-state index in [9.17, 15) is 4.79 Å². The molecule has 0 unspecified atom stereocenters. The molecule has 6 nitrogen and oxygen atoms in total. The summed E-state index contributed by atoms with van der Waals surface area (Å²) in [6, 6.07) is 5.25. The van der Waals surface area contributed by atoms with E-state index in [-0.39, 0.29) is 5.91 Å². The van der Waals surface area contributed by atoms with Gasteiger partial charge >= 0.3 is 0 Å². The lowest BCUT2D eigenvalue weighted by molar-refractivity contribution is -0.117. The second-order valence-corrected chi connectivity index (χ2v) is 5.79. The van der Waals surface area contributed by atoms with Crippen molar-refractivity contribution in [2.45, 2.75) is 39.3 Å². The van der Waals surface area contributed by atoms with Gasteiger partial charge in [-0.1, -0.05) is 13.8 Å². The zero-order chi connectivity index (χ0) is 15.9. The van der Waals surface area contributed by atoms with Crippen LogP contribution in [0.4, 0.5) is 5.82 Å². The molecule has 118 valence electrons. The monoisotopic (exact) mass is 301 g/mol. The number of hydrogen-bond donors (Lipinski definition) is 2. The number of rotatable bonds is 7. The lowest BCUT2D eigenvalue weighted by Crippen LogP contribution is -2.36. The number of pyridine rings is 1. The van der Waals surface area contributed by atoms with Crippen molar-refractivity contribution in [1.82, 2.24) is 14.8 Å². The molecule has 0 spiro atoms. The average Bonchev–Trinajstić information content (AvgIpc) is 2.93. The molecule has 0 saturated heterocycles. The molecule has 2 aromatic rings. The zero-order valence-electron chi connectivity index (χ0n) is 13.1. The maximum atomic E-state index is 11.9. The highest BCUT2D eigenvalue weighted by atomic mass is 16.2. The van der Waals surface area contributed by atoms with E-state index >= 15 is 0 Å². The number of amides is 1. The van der Waals surface area contributed by atoms with Gasteiger partial charge < -0.3 is 11.1 Å². The Morgan fingerprint density at radius 2 is 2.05 bits per heavy atom. The molecule has 0 aliphatic carbocycles. The maximum absolute atomic E-state index is 11.9. The maximum Gasteiger partial charge on any atom is 0.242 e. The van der Waals surface area contributed by atoms with Crippen LogP contribution >= 0.6 is 0 Å². The quantitative estimate of drug-likeness (QED) is 0.817. The van der Waals surface area contributed by atoms with Gasteiger partial charge in [-0.05, 0) is 36.5 Å². The standard InChI is InChI=1S/C16H23N5O/c1-12(2)11-14(17)16(22)19-15-6-10-21(20-15)9-5-13-3-7-18-8-4-13/h3-4,6-8,10,12,14H,5,9,11,17H2,1-2H3,(H,19,20,22)/t14-/m0/s1. The van der Waals surface area contributed by atoms with E-state index in [1.807, 2.05) is 36.9 Å². The van der Waals surface area contributed by atoms with Crippen LogP contribution in [0.15, 0.2) is 36.8 Å². The number of carbonyl (C=O) groups excluding carboxylic acids is 1. The molecule has 1 atom stereocenters. The first-order chi connectivity index (χ1) is 10.5. The molecule has 0 saturated carbocycles. The van der Waals surface area contributed by atoms with Crippen LogP contribution in [-0.2, 0) is 17.8 Å². The predicted octanol–water partition coefficient (Wildman–Crippen LogP) is 1.83. The van der Waals surface area contributed by atoms with Crippen molar-refractivity contribution in [1.29, 1.82) is 0 Å². The number of anilines is 1. The van der Waals surface area contributed by atoms with E-state index in [0.717, 1.165) is 13.0 Å². The van der Waals surface area contributed by atoms with Gasteiger partial charge in [0.2, 0.25) is 5.91 Å². The van der Waals surface area contributed by atoms with Gasteiger partial charge in [0.1, 0.15) is 0 Å². The highest BCUT2D eigenvalue weighted by molar-refractivity contribution is 5.93. The second kappa shape index (κ2) is 7.70. The Balaban J connectivity index is 1.85. The average molecular weight is 301 g/mol. The van der Waals surface area contributed by atoms with Gasteiger partial charge in [0.15, 0.2) is 5.82 Å². The van der Waals surface area contributed by atoms with E-state index in [4.69, 9.17) is 5.73 Å². The fraction of sp³-hybridized carbons (Fsp3) is 0.438. The van der Waals surface area contributed by atoms with Crippen LogP contribution in [0.2, 0.25) is 0 Å². The van der Waals surface area contributed by atoms with E-state index in [2.05, 4.69) is 15.4 Å². The highest BCUT2D eigenvalue weighted by Gasteiger charge is 2.15. The summed E-state index contributed by atoms with van der Waals surface area (Å²) in [5, 5.41) is 7.10. The van der Waals surface area contributed by atoms with E-state index in [0.29, 0.717) is 18.2 Å². The summed E-state index contributed by atoms with van der Waals surface area (Å²) in [5.74, 6) is 0.741. The van der Waals surface area contributed by atoms with Crippen LogP contribution in [0.5, 0.6) is 0 Å². The predicted molar refractivity (Wildman–Crippen MR) is 86.2 cm³/mol. The van der Waals surface area contributed by atoms with Gasteiger partial charge in [-0.25, -0.2) is 0 Å². The lowest BCUT2D eigenvalue weighted by atomic mass is 10.0. The van der Waals surface area contributed by atoms with Crippen LogP contribution < -0.4 is 11.1 Å². The minimum absolute atomic E-state index is 0.187. The first-order valence-electron chi connectivity index (χ1n) is 7.53. The molecule has 0 radical (unpaired) electrons. The third kappa shape index (κ3) is 4.96. The molecule has 2 rings (SSSR count). The van der Waals surface area contributed by atoms with E-state index in [1.54, 1.807) is 18.5 Å². The number of nitrogens with zero attached hydrogens (tertiary/aromatic N) is 3. The van der Waals surface area contributed by atoms with Crippen molar-refractivity contribution in [2.24, 2.45) is 11.7 Å². The van der Waals surface area contributed by atoms with Crippen molar-refractivity contribution in [2.75, 3.05) is 5.32 Å². The van der Waals surface area contributed by atoms with E-state index in [1.165, 1.54) is 5.56 Å². The Labute approximate surface area is 130 Å². The lowest BCUT2D eigenvalue weighted by Gasteiger charge is -2.12. The van der Waals surface area contributed by atoms with Gasteiger partial charge in [0.05, 0.1) is 6.04 Å². The molecule has 6 heteroatoms. The number of aryl methyl sites for hydroxylation is 2. The van der Waals surface area contributed by atoms with Crippen molar-refractivity contribution >= 4 is 11.7 Å². The minimum Gasteiger partial charge on any atom is -0.320 e. The number of aromatic nitrogens is 3. The molecule has 0 aliphatic rings. The first-order valence-corrected chi connectivity index (χ1v) is 7.53. The minimum atomic E-state index is -0.498. The van der Waals surface area contributed by atoms with Crippen LogP contribution in [0, 0.1) is 5.92 Å². The molecule has 0 aliphatic heterocycles. The summed E-state index contributed by atoms with van der Waals surface area (Å²) < 4.78 is 1.81. The Morgan fingerprint density at radius 1 is 1.32 bits per heavy atom. The Kier molecular flexibility index (Phi) is 5.66. The fourth-order valence-electron chi connectivity index (χ4n) is 2.18. The largest absolute Gasteiger partial charge is 0.320 e. The fourth-order valence-corrected chi connectivity index (χ4v) is 2.18. The molecular formula is C16H23N5O. The molecule has 0 aromatic carbocycles. The van der Waals surface area contributed by atoms with Crippen LogP contribution in [0.25, 0.3) is 0 Å². The zero-order valence-corrected chi connectivity index (χ0v) is 13.1. The number of hydrogen-bond acceptors (Lipinski definition) is 4. The Hall–Kier alpha value is -2.21. The number of carbonyl (C=O) groups is 1. The van der Waals surface area contributed by atoms with Crippen molar-refractivity contribution < 1.29 is 4.79 Å². The summed E-state index contributed by atoms with van der Waals surface area (Å²) in [4.78, 5) is 15.9. The van der Waals surface area contributed by atoms with Crippen molar-refractivity contribution in [3.05, 3.63) is 42.4 Å². The Morgan fingerprint density at radius 3 is 2.73 bits per heavy atom. The number of nitrogens with one attached hydrogen (secondary N) is 1. The summed E-state index contributed by atoms with van der Waals surface area (Å²) in [5.41, 5.74) is 7.06. The summed E-state index contributed by atoms with van der Waals surface area (Å²) >= 11 is 0. The third-order valence-corrected chi connectivity index (χ3v) is 3.33. The van der Waals surface area contributed by atoms with Gasteiger partial charge in [-0.2, -0.15) is 5.10 Å². The first kappa shape index (κ1) is 16.2. The molecule has 0 fully saturated rings. The SMILES string of the molecule is CC(C)C[C@H](N)C(=O)Nc1ccn(CCc2ccncc2)n1. The van der Waals surface area contributed by atoms with Crippen LogP contribution in [0.3, 0.4) is 0 Å². The molecular weight excluding hydrogens is 278 g/mol. The summed E-state index contributed by atoms with van der Waals surface area (Å²) in [6.07, 6.45) is 6.93. The van der Waals surface area contributed by atoms with Crippen molar-refractivity contribution in [3.63, 3.8) is 0 Å². The summed E-state index contributed by atoms with van der Waals surface area (Å²) in [7, 11) is 0. The molecule has 0 bridgehead atoms. The van der Waals surface area contributed by atoms with E-state index < -0.39 is 6.04 Å². The van der Waals surface area contributed by atoms with Crippen LogP contribution in [0.1, 0.15) is 25.8 Å². The van der Waals surface area contributed by atoms with Gasteiger partial charge in [-0.3, -0.25) is 14.5 Å². The molecule has 2 aromatic heterocycles. The summed E-state index contributed by atoms with van der Waals surface area (Å²) in [6.45, 7) is 4.83. The van der Waals surface area contributed by atoms with Crippen LogP contribution in [-0.4, -0.2) is 26.7 Å². The Bertz CT molecular complexity index is 594. The molecule has 3 N–H and O–H groups in total.